The van der Waals surface area contributed by atoms with Gasteiger partial charge in [0.1, 0.15) is 5.01 Å². The number of fused-ring (bicyclic) bond motifs is 1. The summed E-state index contributed by atoms with van der Waals surface area (Å²) in [7, 11) is 0. The van der Waals surface area contributed by atoms with Crippen LogP contribution in [-0.4, -0.2) is 16.0 Å². The van der Waals surface area contributed by atoms with Crippen molar-refractivity contribution >= 4 is 50.5 Å². The number of hydrogen-bond donors (Lipinski definition) is 2. The van der Waals surface area contributed by atoms with Crippen molar-refractivity contribution in [2.24, 2.45) is 5.92 Å². The molecule has 0 saturated carbocycles. The number of nitrogens with zero attached hydrogens (tertiary/aromatic N) is 1. The number of aryl methyl sites for hydroxylation is 1. The van der Waals surface area contributed by atoms with Crippen molar-refractivity contribution in [1.82, 2.24) is 10.3 Å². The second-order valence-electron chi connectivity index (χ2n) is 6.11. The van der Waals surface area contributed by atoms with Gasteiger partial charge in [0.15, 0.2) is 5.11 Å². The van der Waals surface area contributed by atoms with Gasteiger partial charge in [0.25, 0.3) is 0 Å². The lowest BCUT2D eigenvalue weighted by Gasteiger charge is -2.13. The Kier molecular flexibility index (Phi) is 5.11. The van der Waals surface area contributed by atoms with E-state index in [-0.39, 0.29) is 11.8 Å². The number of anilines is 1. The first-order valence-electron chi connectivity index (χ1n) is 8.02. The van der Waals surface area contributed by atoms with Crippen LogP contribution in [0.15, 0.2) is 42.5 Å². The number of amides is 1. The highest BCUT2D eigenvalue weighted by Gasteiger charge is 2.11. The fourth-order valence-electron chi connectivity index (χ4n) is 2.34. The molecule has 3 rings (SSSR count). The SMILES string of the molecule is Cc1cc(-c2nc3ccccc3s2)ccc1NC(=S)NC(=O)C(C)C. The monoisotopic (exact) mass is 369 g/mol. The number of carbonyl (C=O) groups is 1. The predicted molar refractivity (Wildman–Crippen MR) is 109 cm³/mol. The lowest BCUT2D eigenvalue weighted by Crippen LogP contribution is -2.36. The minimum atomic E-state index is -0.109. The maximum absolute atomic E-state index is 11.7. The third-order valence-corrected chi connectivity index (χ3v) is 5.07. The molecule has 1 amide bonds. The lowest BCUT2D eigenvalue weighted by molar-refractivity contribution is -0.122. The Morgan fingerprint density at radius 2 is 1.96 bits per heavy atom. The van der Waals surface area contributed by atoms with Crippen LogP contribution in [0.2, 0.25) is 0 Å². The van der Waals surface area contributed by atoms with Crippen molar-refractivity contribution in [1.29, 1.82) is 0 Å². The molecular weight excluding hydrogens is 350 g/mol. The minimum Gasteiger partial charge on any atom is -0.332 e. The molecule has 25 heavy (non-hydrogen) atoms. The van der Waals surface area contributed by atoms with Crippen LogP contribution in [0.25, 0.3) is 20.8 Å². The number of thiocarbonyl (C=S) groups is 1. The van der Waals surface area contributed by atoms with E-state index in [1.54, 1.807) is 11.3 Å². The first-order valence-corrected chi connectivity index (χ1v) is 9.25. The van der Waals surface area contributed by atoms with E-state index in [2.05, 4.69) is 27.8 Å². The maximum Gasteiger partial charge on any atom is 0.228 e. The number of carbonyl (C=O) groups excluding carboxylic acids is 1. The third kappa shape index (κ3) is 4.03. The summed E-state index contributed by atoms with van der Waals surface area (Å²) in [5.74, 6) is -0.205. The largest absolute Gasteiger partial charge is 0.332 e. The van der Waals surface area contributed by atoms with Crippen molar-refractivity contribution in [2.45, 2.75) is 20.8 Å². The summed E-state index contributed by atoms with van der Waals surface area (Å²) in [4.78, 5) is 16.4. The van der Waals surface area contributed by atoms with Crippen LogP contribution in [0.5, 0.6) is 0 Å². The van der Waals surface area contributed by atoms with Crippen molar-refractivity contribution in [3.63, 3.8) is 0 Å². The molecule has 0 aliphatic carbocycles. The molecule has 0 saturated heterocycles. The standard InChI is InChI=1S/C19H19N3OS2/c1-11(2)17(23)22-19(24)21-14-9-8-13(10-12(14)3)18-20-15-6-4-5-7-16(15)25-18/h4-11H,1-3H3,(H2,21,22,23,24). The highest BCUT2D eigenvalue weighted by Crippen LogP contribution is 2.31. The van der Waals surface area contributed by atoms with Gasteiger partial charge in [-0.15, -0.1) is 11.3 Å². The Labute approximate surface area is 156 Å². The fraction of sp³-hybridized carbons (Fsp3) is 0.211. The summed E-state index contributed by atoms with van der Waals surface area (Å²) in [6, 6.07) is 14.2. The van der Waals surface area contributed by atoms with Crippen LogP contribution in [0.4, 0.5) is 5.69 Å². The van der Waals surface area contributed by atoms with Crippen molar-refractivity contribution in [2.75, 3.05) is 5.32 Å². The second kappa shape index (κ2) is 7.29. The number of aromatic nitrogens is 1. The molecule has 0 aliphatic heterocycles. The molecule has 0 fully saturated rings. The molecule has 0 aliphatic rings. The average molecular weight is 370 g/mol. The van der Waals surface area contributed by atoms with Crippen LogP contribution < -0.4 is 10.6 Å². The smallest absolute Gasteiger partial charge is 0.228 e. The average Bonchev–Trinajstić information content (AvgIpc) is 3.00. The van der Waals surface area contributed by atoms with Crippen molar-refractivity contribution in [3.8, 4) is 10.6 Å². The van der Waals surface area contributed by atoms with E-state index in [1.807, 2.05) is 51.1 Å². The van der Waals surface area contributed by atoms with E-state index in [0.29, 0.717) is 5.11 Å². The summed E-state index contributed by atoms with van der Waals surface area (Å²) in [6.45, 7) is 5.66. The van der Waals surface area contributed by atoms with Gasteiger partial charge < -0.3 is 10.6 Å². The van der Waals surface area contributed by atoms with Crippen LogP contribution >= 0.6 is 23.6 Å². The molecule has 2 aromatic carbocycles. The Balaban J connectivity index is 1.78. The molecule has 4 nitrogen and oxygen atoms in total. The molecule has 0 radical (unpaired) electrons. The van der Waals surface area contributed by atoms with Crippen molar-refractivity contribution in [3.05, 3.63) is 48.0 Å². The second-order valence-corrected chi connectivity index (χ2v) is 7.55. The Morgan fingerprint density at radius 1 is 1.20 bits per heavy atom. The number of rotatable bonds is 3. The molecule has 1 aromatic heterocycles. The molecular formula is C19H19N3OS2. The molecule has 3 aromatic rings. The Bertz CT molecular complexity index is 914. The first kappa shape index (κ1) is 17.5. The maximum atomic E-state index is 11.7. The number of benzene rings is 2. The molecule has 128 valence electrons. The highest BCUT2D eigenvalue weighted by molar-refractivity contribution is 7.80. The summed E-state index contributed by atoms with van der Waals surface area (Å²) in [5.41, 5.74) is 4.00. The van der Waals surface area contributed by atoms with Gasteiger partial charge >= 0.3 is 0 Å². The van der Waals surface area contributed by atoms with Gasteiger partial charge in [0, 0.05) is 17.2 Å². The van der Waals surface area contributed by atoms with Gasteiger partial charge in [-0.25, -0.2) is 4.98 Å². The summed E-state index contributed by atoms with van der Waals surface area (Å²) < 4.78 is 1.18. The number of para-hydroxylation sites is 1. The van der Waals surface area contributed by atoms with E-state index < -0.39 is 0 Å². The molecule has 0 spiro atoms. The van der Waals surface area contributed by atoms with Crippen LogP contribution in [0.1, 0.15) is 19.4 Å². The fourth-order valence-corrected chi connectivity index (χ4v) is 3.51. The van der Waals surface area contributed by atoms with Gasteiger partial charge in [-0.2, -0.15) is 0 Å². The van der Waals surface area contributed by atoms with Gasteiger partial charge in [-0.3, -0.25) is 4.79 Å². The number of hydrogen-bond acceptors (Lipinski definition) is 4. The minimum absolute atomic E-state index is 0.0961. The normalized spacial score (nSPS) is 10.9. The molecule has 1 heterocycles. The van der Waals surface area contributed by atoms with Crippen LogP contribution in [0.3, 0.4) is 0 Å². The van der Waals surface area contributed by atoms with Gasteiger partial charge in [0.05, 0.1) is 10.2 Å². The zero-order valence-corrected chi connectivity index (χ0v) is 15.9. The summed E-state index contributed by atoms with van der Waals surface area (Å²) in [5, 5.41) is 7.08. The number of nitrogens with one attached hydrogen (secondary N) is 2. The van der Waals surface area contributed by atoms with Gasteiger partial charge in [-0.1, -0.05) is 26.0 Å². The van der Waals surface area contributed by atoms with E-state index >= 15 is 0 Å². The van der Waals surface area contributed by atoms with E-state index in [4.69, 9.17) is 12.2 Å². The molecule has 0 bridgehead atoms. The molecule has 6 heteroatoms. The van der Waals surface area contributed by atoms with Gasteiger partial charge in [0.2, 0.25) is 5.91 Å². The molecule has 0 unspecified atom stereocenters. The van der Waals surface area contributed by atoms with Crippen LogP contribution in [-0.2, 0) is 4.79 Å². The van der Waals surface area contributed by atoms with E-state index in [0.717, 1.165) is 27.3 Å². The molecule has 0 atom stereocenters. The third-order valence-electron chi connectivity index (χ3n) is 3.78. The van der Waals surface area contributed by atoms with Gasteiger partial charge in [-0.05, 0) is 55.0 Å². The Morgan fingerprint density at radius 3 is 2.64 bits per heavy atom. The Hall–Kier alpha value is -2.31. The first-order chi connectivity index (χ1) is 11.9. The van der Waals surface area contributed by atoms with E-state index in [9.17, 15) is 4.79 Å². The van der Waals surface area contributed by atoms with E-state index in [1.165, 1.54) is 4.70 Å². The van der Waals surface area contributed by atoms with Crippen molar-refractivity contribution < 1.29 is 4.79 Å². The zero-order valence-electron chi connectivity index (χ0n) is 14.3. The predicted octanol–water partition coefficient (Wildman–Crippen LogP) is 4.74. The number of thiazole rings is 1. The zero-order chi connectivity index (χ0) is 18.0. The quantitative estimate of drug-likeness (QED) is 0.655. The summed E-state index contributed by atoms with van der Waals surface area (Å²) >= 11 is 6.88. The van der Waals surface area contributed by atoms with Crippen LogP contribution in [0, 0.1) is 12.8 Å². The lowest BCUT2D eigenvalue weighted by atomic mass is 10.1. The highest BCUT2D eigenvalue weighted by atomic mass is 32.1. The summed E-state index contributed by atoms with van der Waals surface area (Å²) in [6.07, 6.45) is 0. The molecule has 2 N–H and O–H groups in total. The topological polar surface area (TPSA) is 54.0 Å².